The maximum Gasteiger partial charge on any atom is 0.252 e. The lowest BCUT2D eigenvalue weighted by molar-refractivity contribution is -0.116. The van der Waals surface area contributed by atoms with Crippen LogP contribution in [0, 0.1) is 0 Å². The number of fused-ring (bicyclic) bond motifs is 1. The van der Waals surface area contributed by atoms with Gasteiger partial charge in [0.2, 0.25) is 5.91 Å². The molecule has 0 spiro atoms. The molecule has 1 heterocycles. The number of carbonyl (C=O) groups is 1. The third-order valence-corrected chi connectivity index (χ3v) is 3.52. The molecule has 1 aromatic heterocycles. The molecule has 3 aromatic rings. The zero-order chi connectivity index (χ0) is 17.8. The van der Waals surface area contributed by atoms with E-state index in [1.165, 1.54) is 6.07 Å². The predicted molar refractivity (Wildman–Crippen MR) is 98.3 cm³/mol. The average Bonchev–Trinajstić information content (AvgIpc) is 2.55. The number of rotatable bonds is 5. The zero-order valence-corrected chi connectivity index (χ0v) is 14.1. The third kappa shape index (κ3) is 4.24. The minimum Gasteiger partial charge on any atom is -0.456 e. The summed E-state index contributed by atoms with van der Waals surface area (Å²) in [6.07, 6.45) is 0. The number of aromatic nitrogens is 1. The number of nitrogens with zero attached hydrogens (tertiary/aromatic N) is 1. The van der Waals surface area contributed by atoms with Crippen molar-refractivity contribution in [1.29, 1.82) is 0 Å². The van der Waals surface area contributed by atoms with Crippen LogP contribution in [0.1, 0.15) is 0 Å². The smallest absolute Gasteiger partial charge is 0.252 e. The van der Waals surface area contributed by atoms with Gasteiger partial charge in [0.05, 0.1) is 12.1 Å². The highest BCUT2D eigenvalue weighted by molar-refractivity contribution is 5.96. The van der Waals surface area contributed by atoms with Crippen molar-refractivity contribution in [2.45, 2.75) is 0 Å². The second kappa shape index (κ2) is 7.19. The lowest BCUT2D eigenvalue weighted by Crippen LogP contribution is -2.27. The average molecular weight is 337 g/mol. The van der Waals surface area contributed by atoms with E-state index in [9.17, 15) is 9.59 Å². The Balaban J connectivity index is 1.96. The van der Waals surface area contributed by atoms with E-state index < -0.39 is 0 Å². The summed E-state index contributed by atoms with van der Waals surface area (Å²) in [5.41, 5.74) is 1.04. The number of amides is 1. The molecule has 25 heavy (non-hydrogen) atoms. The largest absolute Gasteiger partial charge is 0.456 e. The molecule has 2 N–H and O–H groups in total. The monoisotopic (exact) mass is 337 g/mol. The molecule has 0 saturated carbocycles. The lowest BCUT2D eigenvalue weighted by atomic mass is 10.1. The zero-order valence-electron chi connectivity index (χ0n) is 14.1. The van der Waals surface area contributed by atoms with E-state index in [0.717, 1.165) is 0 Å². The normalized spacial score (nSPS) is 10.8. The fourth-order valence-electron chi connectivity index (χ4n) is 2.49. The fraction of sp³-hybridized carbons (Fsp3) is 0.158. The minimum atomic E-state index is -0.247. The maximum absolute atomic E-state index is 11.9. The Kier molecular flexibility index (Phi) is 4.81. The van der Waals surface area contributed by atoms with Crippen LogP contribution in [0.15, 0.2) is 59.4 Å². The van der Waals surface area contributed by atoms with Gasteiger partial charge in [0.25, 0.3) is 5.56 Å². The van der Waals surface area contributed by atoms with Crippen LogP contribution in [0.3, 0.4) is 0 Å². The number of pyridine rings is 1. The van der Waals surface area contributed by atoms with Gasteiger partial charge in [-0.25, -0.2) is 0 Å². The van der Waals surface area contributed by atoms with Crippen molar-refractivity contribution in [2.75, 3.05) is 26.0 Å². The van der Waals surface area contributed by atoms with Crippen LogP contribution in [0.4, 0.5) is 5.69 Å². The van der Waals surface area contributed by atoms with Gasteiger partial charge in [0.1, 0.15) is 11.5 Å². The SMILES string of the molecule is CN(C)CC(=O)Nc1ccc2[nH]c(=O)cc(Oc3ccccc3)c2c1. The Hall–Kier alpha value is -3.12. The first-order valence-corrected chi connectivity index (χ1v) is 7.86. The van der Waals surface area contributed by atoms with Gasteiger partial charge in [-0.1, -0.05) is 18.2 Å². The van der Waals surface area contributed by atoms with Crippen LogP contribution >= 0.6 is 0 Å². The molecule has 0 aliphatic carbocycles. The fourth-order valence-corrected chi connectivity index (χ4v) is 2.49. The van der Waals surface area contributed by atoms with E-state index >= 15 is 0 Å². The number of hydrogen-bond donors (Lipinski definition) is 2. The second-order valence-electron chi connectivity index (χ2n) is 5.96. The Labute approximate surface area is 145 Å². The summed E-state index contributed by atoms with van der Waals surface area (Å²) in [6.45, 7) is 0.289. The number of para-hydroxylation sites is 1. The first kappa shape index (κ1) is 16.7. The number of nitrogens with one attached hydrogen (secondary N) is 2. The van der Waals surface area contributed by atoms with Crippen molar-refractivity contribution in [1.82, 2.24) is 9.88 Å². The van der Waals surface area contributed by atoms with Gasteiger partial charge in [-0.15, -0.1) is 0 Å². The quantitative estimate of drug-likeness (QED) is 0.751. The lowest BCUT2D eigenvalue weighted by Gasteiger charge is -2.12. The summed E-state index contributed by atoms with van der Waals surface area (Å²) in [6, 6.07) is 15.9. The minimum absolute atomic E-state index is 0.112. The molecule has 0 atom stereocenters. The van der Waals surface area contributed by atoms with Crippen molar-refractivity contribution in [3.05, 3.63) is 65.0 Å². The molecular weight excluding hydrogens is 318 g/mol. The van der Waals surface area contributed by atoms with Crippen molar-refractivity contribution < 1.29 is 9.53 Å². The van der Waals surface area contributed by atoms with E-state index in [0.29, 0.717) is 28.1 Å². The van der Waals surface area contributed by atoms with Crippen LogP contribution in [-0.4, -0.2) is 36.4 Å². The molecule has 3 rings (SSSR count). The predicted octanol–water partition coefficient (Wildman–Crippen LogP) is 2.82. The number of ether oxygens (including phenoxy) is 1. The molecule has 6 heteroatoms. The standard InChI is InChI=1S/C19H19N3O3/c1-22(2)12-19(24)20-13-8-9-16-15(10-13)17(11-18(23)21-16)25-14-6-4-3-5-7-14/h3-11H,12H2,1-2H3,(H,20,24)(H,21,23). The summed E-state index contributed by atoms with van der Waals surface area (Å²) < 4.78 is 5.86. The summed E-state index contributed by atoms with van der Waals surface area (Å²) in [7, 11) is 3.66. The number of carbonyl (C=O) groups excluding carboxylic acids is 1. The molecule has 1 amide bonds. The maximum atomic E-state index is 11.9. The van der Waals surface area contributed by atoms with Gasteiger partial charge in [-0.05, 0) is 44.4 Å². The molecule has 0 fully saturated rings. The van der Waals surface area contributed by atoms with Gasteiger partial charge in [0, 0.05) is 17.1 Å². The van der Waals surface area contributed by atoms with E-state index in [1.807, 2.05) is 44.4 Å². The number of likely N-dealkylation sites (N-methyl/N-ethyl adjacent to an activating group) is 1. The molecule has 0 aliphatic heterocycles. The highest BCUT2D eigenvalue weighted by atomic mass is 16.5. The molecule has 2 aromatic carbocycles. The highest BCUT2D eigenvalue weighted by Crippen LogP contribution is 2.29. The van der Waals surface area contributed by atoms with Crippen LogP contribution in [-0.2, 0) is 4.79 Å². The van der Waals surface area contributed by atoms with Crippen LogP contribution in [0.2, 0.25) is 0 Å². The molecule has 6 nitrogen and oxygen atoms in total. The third-order valence-electron chi connectivity index (χ3n) is 3.52. The summed E-state index contributed by atoms with van der Waals surface area (Å²) in [5.74, 6) is 0.962. The van der Waals surface area contributed by atoms with Crippen LogP contribution < -0.4 is 15.6 Å². The summed E-state index contributed by atoms with van der Waals surface area (Å²) in [4.78, 5) is 28.4. The highest BCUT2D eigenvalue weighted by Gasteiger charge is 2.09. The molecule has 0 bridgehead atoms. The first-order valence-electron chi connectivity index (χ1n) is 7.86. The number of H-pyrrole nitrogens is 1. The van der Waals surface area contributed by atoms with E-state index in [1.54, 1.807) is 23.1 Å². The van der Waals surface area contributed by atoms with Crippen molar-refractivity contribution >= 4 is 22.5 Å². The van der Waals surface area contributed by atoms with Crippen LogP contribution in [0.5, 0.6) is 11.5 Å². The Morgan fingerprint density at radius 2 is 1.88 bits per heavy atom. The molecule has 0 aliphatic rings. The molecule has 128 valence electrons. The molecule has 0 radical (unpaired) electrons. The molecule has 0 saturated heterocycles. The summed E-state index contributed by atoms with van der Waals surface area (Å²) in [5, 5.41) is 3.56. The van der Waals surface area contributed by atoms with Gasteiger partial charge in [-0.2, -0.15) is 0 Å². The van der Waals surface area contributed by atoms with Gasteiger partial charge < -0.3 is 19.9 Å². The molecule has 0 unspecified atom stereocenters. The van der Waals surface area contributed by atoms with Gasteiger partial charge in [-0.3, -0.25) is 9.59 Å². The Morgan fingerprint density at radius 3 is 2.60 bits per heavy atom. The first-order chi connectivity index (χ1) is 12.0. The second-order valence-corrected chi connectivity index (χ2v) is 5.96. The van der Waals surface area contributed by atoms with E-state index in [2.05, 4.69) is 10.3 Å². The topological polar surface area (TPSA) is 74.4 Å². The number of hydrogen-bond acceptors (Lipinski definition) is 4. The van der Waals surface area contributed by atoms with Gasteiger partial charge >= 0.3 is 0 Å². The van der Waals surface area contributed by atoms with Gasteiger partial charge in [0.15, 0.2) is 0 Å². The Bertz CT molecular complexity index is 949. The summed E-state index contributed by atoms with van der Waals surface area (Å²) >= 11 is 0. The van der Waals surface area contributed by atoms with Crippen LogP contribution in [0.25, 0.3) is 10.9 Å². The number of anilines is 1. The number of benzene rings is 2. The Morgan fingerprint density at radius 1 is 1.12 bits per heavy atom. The van der Waals surface area contributed by atoms with E-state index in [4.69, 9.17) is 4.74 Å². The molecular formula is C19H19N3O3. The van der Waals surface area contributed by atoms with Crippen molar-refractivity contribution in [3.63, 3.8) is 0 Å². The van der Waals surface area contributed by atoms with E-state index in [-0.39, 0.29) is 18.0 Å². The number of aromatic amines is 1. The van der Waals surface area contributed by atoms with Crippen molar-refractivity contribution in [2.24, 2.45) is 0 Å². The van der Waals surface area contributed by atoms with Crippen molar-refractivity contribution in [3.8, 4) is 11.5 Å².